The molecule has 0 amide bonds. The first-order valence-electron chi connectivity index (χ1n) is 4.09. The predicted octanol–water partition coefficient (Wildman–Crippen LogP) is 0.818. The molecule has 0 bridgehead atoms. The molecule has 78 valence electrons. The van der Waals surface area contributed by atoms with Gasteiger partial charge < -0.3 is 10.8 Å². The number of nitrogens with zero attached hydrogens (tertiary/aromatic N) is 4. The fourth-order valence-corrected chi connectivity index (χ4v) is 1.37. The van der Waals surface area contributed by atoms with Gasteiger partial charge in [-0.15, -0.1) is 0 Å². The van der Waals surface area contributed by atoms with E-state index in [0.29, 0.717) is 16.4 Å². The number of hydrogen-bond acceptors (Lipinski definition) is 5. The minimum Gasteiger partial charge on any atom is -0.493 e. The summed E-state index contributed by atoms with van der Waals surface area (Å²) in [5.41, 5.74) is 6.44. The van der Waals surface area contributed by atoms with Crippen LogP contribution in [-0.2, 0) is 7.05 Å². The van der Waals surface area contributed by atoms with Gasteiger partial charge in [0, 0.05) is 13.1 Å². The zero-order chi connectivity index (χ0) is 11.0. The molecule has 2 rings (SSSR count). The molecule has 0 radical (unpaired) electrons. The number of rotatable bonds is 1. The van der Waals surface area contributed by atoms with Gasteiger partial charge in [0.1, 0.15) is 5.15 Å². The second-order valence-electron chi connectivity index (χ2n) is 2.94. The van der Waals surface area contributed by atoms with Gasteiger partial charge in [0.05, 0.1) is 17.5 Å². The first-order valence-corrected chi connectivity index (χ1v) is 4.47. The van der Waals surface area contributed by atoms with Crippen LogP contribution in [-0.4, -0.2) is 24.9 Å². The lowest BCUT2D eigenvalue weighted by atomic mass is 10.2. The standard InChI is InChI=1S/C8H8ClN5O/c1-14-7(9)4(3-11-14)5-2-6(15)13-8(10)12-5/h2-3H,1H3,(H3,10,12,13,15). The van der Waals surface area contributed by atoms with E-state index in [1.807, 2.05) is 0 Å². The third-order valence-corrected chi connectivity index (χ3v) is 2.32. The number of halogens is 1. The Labute approximate surface area is 90.3 Å². The van der Waals surface area contributed by atoms with E-state index < -0.39 is 0 Å². The van der Waals surface area contributed by atoms with Gasteiger partial charge in [0.15, 0.2) is 0 Å². The highest BCUT2D eigenvalue weighted by Crippen LogP contribution is 2.27. The van der Waals surface area contributed by atoms with Crippen LogP contribution in [0, 0.1) is 0 Å². The minimum absolute atomic E-state index is 0.00933. The smallest absolute Gasteiger partial charge is 0.223 e. The molecule has 0 aliphatic heterocycles. The van der Waals surface area contributed by atoms with E-state index in [1.54, 1.807) is 13.2 Å². The van der Waals surface area contributed by atoms with Gasteiger partial charge in [0.2, 0.25) is 11.8 Å². The number of nitrogens with two attached hydrogens (primary N) is 1. The molecule has 0 aliphatic rings. The molecule has 0 atom stereocenters. The van der Waals surface area contributed by atoms with Gasteiger partial charge in [-0.05, 0) is 0 Å². The van der Waals surface area contributed by atoms with Crippen LogP contribution in [0.1, 0.15) is 0 Å². The van der Waals surface area contributed by atoms with E-state index in [9.17, 15) is 5.11 Å². The van der Waals surface area contributed by atoms with Gasteiger partial charge in [-0.1, -0.05) is 11.6 Å². The molecule has 2 aromatic heterocycles. The van der Waals surface area contributed by atoms with Crippen molar-refractivity contribution in [3.63, 3.8) is 0 Å². The van der Waals surface area contributed by atoms with Gasteiger partial charge in [-0.2, -0.15) is 10.1 Å². The Morgan fingerprint density at radius 1 is 1.47 bits per heavy atom. The molecule has 7 heteroatoms. The van der Waals surface area contributed by atoms with E-state index in [2.05, 4.69) is 15.1 Å². The minimum atomic E-state index is -0.197. The topological polar surface area (TPSA) is 89.8 Å². The maximum absolute atomic E-state index is 9.25. The van der Waals surface area contributed by atoms with E-state index in [-0.39, 0.29) is 11.8 Å². The lowest BCUT2D eigenvalue weighted by Gasteiger charge is -2.00. The summed E-state index contributed by atoms with van der Waals surface area (Å²) < 4.78 is 1.49. The van der Waals surface area contributed by atoms with Gasteiger partial charge >= 0.3 is 0 Å². The van der Waals surface area contributed by atoms with Crippen LogP contribution in [0.2, 0.25) is 5.15 Å². The highest BCUT2D eigenvalue weighted by Gasteiger charge is 2.11. The second-order valence-corrected chi connectivity index (χ2v) is 3.30. The summed E-state index contributed by atoms with van der Waals surface area (Å²) in [7, 11) is 1.70. The summed E-state index contributed by atoms with van der Waals surface area (Å²) in [4.78, 5) is 7.50. The lowest BCUT2D eigenvalue weighted by molar-refractivity contribution is 0.453. The monoisotopic (exact) mass is 225 g/mol. The van der Waals surface area contributed by atoms with Crippen molar-refractivity contribution >= 4 is 17.5 Å². The fraction of sp³-hybridized carbons (Fsp3) is 0.125. The number of aromatic hydroxyl groups is 1. The van der Waals surface area contributed by atoms with Gasteiger partial charge in [-0.3, -0.25) is 4.68 Å². The summed E-state index contributed by atoms with van der Waals surface area (Å²) >= 11 is 5.97. The highest BCUT2D eigenvalue weighted by molar-refractivity contribution is 6.32. The van der Waals surface area contributed by atoms with Crippen molar-refractivity contribution in [1.82, 2.24) is 19.7 Å². The first-order chi connectivity index (χ1) is 7.08. The Bertz CT molecular complexity index is 489. The SMILES string of the molecule is Cn1ncc(-c2cc(O)nc(N)n2)c1Cl. The van der Waals surface area contributed by atoms with E-state index >= 15 is 0 Å². The van der Waals surface area contributed by atoms with Crippen molar-refractivity contribution in [2.75, 3.05) is 5.73 Å². The quantitative estimate of drug-likeness (QED) is 0.750. The zero-order valence-corrected chi connectivity index (χ0v) is 8.60. The number of anilines is 1. The van der Waals surface area contributed by atoms with Gasteiger partial charge in [0.25, 0.3) is 0 Å². The maximum Gasteiger partial charge on any atom is 0.223 e. The lowest BCUT2D eigenvalue weighted by Crippen LogP contribution is -1.96. The van der Waals surface area contributed by atoms with Crippen LogP contribution in [0.15, 0.2) is 12.3 Å². The summed E-state index contributed by atoms with van der Waals surface area (Å²) in [6, 6.07) is 1.37. The molecule has 2 aromatic rings. The van der Waals surface area contributed by atoms with Crippen LogP contribution in [0.5, 0.6) is 5.88 Å². The Balaban J connectivity index is 2.58. The van der Waals surface area contributed by atoms with Crippen molar-refractivity contribution in [2.24, 2.45) is 7.05 Å². The predicted molar refractivity (Wildman–Crippen MR) is 55.3 cm³/mol. The summed E-state index contributed by atoms with van der Waals surface area (Å²) in [5, 5.41) is 13.6. The first kappa shape index (κ1) is 9.72. The van der Waals surface area contributed by atoms with Crippen molar-refractivity contribution in [3.8, 4) is 17.1 Å². The zero-order valence-electron chi connectivity index (χ0n) is 7.85. The van der Waals surface area contributed by atoms with Crippen molar-refractivity contribution in [1.29, 1.82) is 0 Å². The van der Waals surface area contributed by atoms with Crippen LogP contribution >= 0.6 is 11.6 Å². The Hall–Kier alpha value is -1.82. The van der Waals surface area contributed by atoms with Crippen LogP contribution in [0.3, 0.4) is 0 Å². The largest absolute Gasteiger partial charge is 0.493 e. The number of aromatic nitrogens is 4. The van der Waals surface area contributed by atoms with Crippen LogP contribution in [0.25, 0.3) is 11.3 Å². The second kappa shape index (κ2) is 3.39. The number of aryl methyl sites for hydroxylation is 1. The average molecular weight is 226 g/mol. The van der Waals surface area contributed by atoms with Gasteiger partial charge in [-0.25, -0.2) is 4.98 Å². The Kier molecular flexibility index (Phi) is 2.20. The summed E-state index contributed by atoms with van der Waals surface area (Å²) in [5.74, 6) is -0.206. The van der Waals surface area contributed by atoms with Crippen LogP contribution in [0.4, 0.5) is 5.95 Å². The number of hydrogen-bond donors (Lipinski definition) is 2. The molecule has 0 fully saturated rings. The van der Waals surface area contributed by atoms with Crippen molar-refractivity contribution in [2.45, 2.75) is 0 Å². The number of nitrogen functional groups attached to an aromatic ring is 1. The Morgan fingerprint density at radius 2 is 2.20 bits per heavy atom. The van der Waals surface area contributed by atoms with Crippen molar-refractivity contribution in [3.05, 3.63) is 17.4 Å². The molecular weight excluding hydrogens is 218 g/mol. The fourth-order valence-electron chi connectivity index (χ4n) is 1.19. The highest BCUT2D eigenvalue weighted by atomic mass is 35.5. The average Bonchev–Trinajstić information content (AvgIpc) is 2.46. The van der Waals surface area contributed by atoms with Crippen LogP contribution < -0.4 is 5.73 Å². The molecule has 0 saturated heterocycles. The molecule has 0 unspecified atom stereocenters. The van der Waals surface area contributed by atoms with E-state index in [4.69, 9.17) is 17.3 Å². The molecule has 6 nitrogen and oxygen atoms in total. The van der Waals surface area contributed by atoms with E-state index in [1.165, 1.54) is 10.7 Å². The van der Waals surface area contributed by atoms with Crippen molar-refractivity contribution < 1.29 is 5.11 Å². The molecule has 0 aliphatic carbocycles. The third-order valence-electron chi connectivity index (χ3n) is 1.87. The Morgan fingerprint density at radius 3 is 2.73 bits per heavy atom. The molecule has 0 aromatic carbocycles. The van der Waals surface area contributed by atoms with E-state index in [0.717, 1.165) is 0 Å². The molecular formula is C8H8ClN5O. The summed E-state index contributed by atoms with van der Waals surface area (Å²) in [6.07, 6.45) is 1.55. The molecule has 0 saturated carbocycles. The molecule has 15 heavy (non-hydrogen) atoms. The summed E-state index contributed by atoms with van der Waals surface area (Å²) in [6.45, 7) is 0. The normalized spacial score (nSPS) is 10.5. The maximum atomic E-state index is 9.25. The molecule has 2 heterocycles. The third kappa shape index (κ3) is 1.71. The molecule has 3 N–H and O–H groups in total. The molecule has 0 spiro atoms.